The van der Waals surface area contributed by atoms with Gasteiger partial charge in [-0.05, 0) is 63.8 Å². The van der Waals surface area contributed by atoms with Crippen LogP contribution in [0.15, 0.2) is 60.7 Å². The molecule has 2 aromatic carbocycles. The fraction of sp³-hybridized carbons (Fsp3) is 0.345. The Balaban J connectivity index is 1.74. The second-order valence-corrected chi connectivity index (χ2v) is 10.1. The summed E-state index contributed by atoms with van der Waals surface area (Å²) in [6.45, 7) is 6.78. The Morgan fingerprint density at radius 2 is 1.97 bits per heavy atom. The van der Waals surface area contributed by atoms with E-state index in [1.54, 1.807) is 48.5 Å². The van der Waals surface area contributed by atoms with Crippen molar-refractivity contribution in [2.24, 2.45) is 0 Å². The van der Waals surface area contributed by atoms with Crippen molar-refractivity contribution < 1.29 is 24.2 Å². The Labute approximate surface area is 216 Å². The normalized spacial score (nSPS) is 23.7. The van der Waals surface area contributed by atoms with Crippen LogP contribution in [0.2, 0.25) is 0 Å². The van der Waals surface area contributed by atoms with Crippen LogP contribution in [-0.4, -0.2) is 72.3 Å². The zero-order chi connectivity index (χ0) is 26.5. The molecule has 3 aliphatic rings. The molecule has 1 fully saturated rings. The average molecular weight is 502 g/mol. The van der Waals surface area contributed by atoms with Crippen LogP contribution in [0.5, 0.6) is 5.75 Å². The highest BCUT2D eigenvalue weighted by Gasteiger charge is 2.66. The van der Waals surface area contributed by atoms with Gasteiger partial charge in [0.25, 0.3) is 17.6 Å². The van der Waals surface area contributed by atoms with Crippen LogP contribution in [0.1, 0.15) is 30.0 Å². The predicted molar refractivity (Wildman–Crippen MR) is 140 cm³/mol. The minimum absolute atomic E-state index is 0.00372. The molecule has 0 saturated carbocycles. The number of ether oxygens (including phenoxy) is 1. The van der Waals surface area contributed by atoms with Gasteiger partial charge in [-0.2, -0.15) is 0 Å². The van der Waals surface area contributed by atoms with Crippen LogP contribution < -0.4 is 9.64 Å². The number of ketones is 1. The number of benzene rings is 2. The van der Waals surface area contributed by atoms with Crippen molar-refractivity contribution in [3.63, 3.8) is 0 Å². The molecule has 0 bridgehead atoms. The molecule has 192 valence electrons. The molecule has 8 nitrogen and oxygen atoms in total. The lowest BCUT2D eigenvalue weighted by atomic mass is 9.81. The maximum atomic E-state index is 14.3. The summed E-state index contributed by atoms with van der Waals surface area (Å²) >= 11 is 0. The summed E-state index contributed by atoms with van der Waals surface area (Å²) in [6.07, 6.45) is 2.82. The van der Waals surface area contributed by atoms with Crippen LogP contribution >= 0.6 is 0 Å². The largest absolute Gasteiger partial charge is 0.507 e. The van der Waals surface area contributed by atoms with Crippen molar-refractivity contribution >= 4 is 29.0 Å². The molecule has 0 aromatic heterocycles. The van der Waals surface area contributed by atoms with E-state index in [1.807, 2.05) is 25.9 Å². The zero-order valence-electron chi connectivity index (χ0n) is 21.4. The molecule has 5 rings (SSSR count). The van der Waals surface area contributed by atoms with Crippen molar-refractivity contribution in [2.75, 3.05) is 38.6 Å². The summed E-state index contributed by atoms with van der Waals surface area (Å²) in [5, 5.41) is 11.7. The van der Waals surface area contributed by atoms with Crippen LogP contribution in [0.3, 0.4) is 0 Å². The molecular weight excluding hydrogens is 470 g/mol. The number of nitrogens with zero attached hydrogens (tertiary/aromatic N) is 3. The van der Waals surface area contributed by atoms with Gasteiger partial charge in [-0.3, -0.25) is 14.4 Å². The number of carbonyl (C=O) groups is 3. The van der Waals surface area contributed by atoms with Gasteiger partial charge in [0.05, 0.1) is 11.3 Å². The molecule has 3 aliphatic heterocycles. The van der Waals surface area contributed by atoms with Gasteiger partial charge in [0.15, 0.2) is 5.54 Å². The molecule has 0 aliphatic carbocycles. The molecule has 2 atom stereocenters. The molecular formula is C29H31N3O5. The maximum absolute atomic E-state index is 14.3. The number of hydrogen-bond acceptors (Lipinski definition) is 6. The first-order valence-electron chi connectivity index (χ1n) is 12.5. The van der Waals surface area contributed by atoms with E-state index >= 15 is 0 Å². The van der Waals surface area contributed by atoms with Gasteiger partial charge in [-0.25, -0.2) is 0 Å². The van der Waals surface area contributed by atoms with Gasteiger partial charge in [0, 0.05) is 30.6 Å². The first-order valence-corrected chi connectivity index (χ1v) is 12.5. The van der Waals surface area contributed by atoms with E-state index in [-0.39, 0.29) is 30.5 Å². The number of fused-ring (bicyclic) bond motifs is 3. The van der Waals surface area contributed by atoms with Crippen molar-refractivity contribution in [3.05, 3.63) is 77.4 Å². The smallest absolute Gasteiger partial charge is 0.296 e. The van der Waals surface area contributed by atoms with Gasteiger partial charge in [0.2, 0.25) is 0 Å². The van der Waals surface area contributed by atoms with Crippen molar-refractivity contribution in [3.8, 4) is 5.75 Å². The van der Waals surface area contributed by atoms with Crippen molar-refractivity contribution in [1.29, 1.82) is 0 Å². The SMILES string of the molecule is C=CCN1C(=O)[C@@]2(C(=C(O)c3ccc4c(c3)C[C@@H](C)O4)C(=O)C(=O)N2CCCN(C)C)c2ccccc21. The fourth-order valence-electron chi connectivity index (χ4n) is 5.74. The Morgan fingerprint density at radius 1 is 1.22 bits per heavy atom. The topological polar surface area (TPSA) is 90.4 Å². The van der Waals surface area contributed by atoms with E-state index in [0.29, 0.717) is 36.2 Å². The Morgan fingerprint density at radius 3 is 2.70 bits per heavy atom. The summed E-state index contributed by atoms with van der Waals surface area (Å²) in [5.74, 6) is -1.74. The Bertz CT molecular complexity index is 1350. The first kappa shape index (κ1) is 24.8. The summed E-state index contributed by atoms with van der Waals surface area (Å²) in [5.41, 5.74) is 0.414. The maximum Gasteiger partial charge on any atom is 0.296 e. The summed E-state index contributed by atoms with van der Waals surface area (Å²) in [4.78, 5) is 46.4. The molecule has 8 heteroatoms. The highest BCUT2D eigenvalue weighted by Crippen LogP contribution is 2.53. The number of hydrogen-bond donors (Lipinski definition) is 1. The van der Waals surface area contributed by atoms with Crippen LogP contribution in [-0.2, 0) is 26.3 Å². The number of rotatable bonds is 7. The van der Waals surface area contributed by atoms with Gasteiger partial charge < -0.3 is 24.5 Å². The third kappa shape index (κ3) is 3.66. The van der Waals surface area contributed by atoms with E-state index in [2.05, 4.69) is 6.58 Å². The summed E-state index contributed by atoms with van der Waals surface area (Å²) in [7, 11) is 3.84. The molecule has 3 heterocycles. The molecule has 1 saturated heterocycles. The number of aliphatic hydroxyl groups excluding tert-OH is 1. The minimum Gasteiger partial charge on any atom is -0.507 e. The second-order valence-electron chi connectivity index (χ2n) is 10.1. The molecule has 2 aromatic rings. The first-order chi connectivity index (χ1) is 17.7. The van der Waals surface area contributed by atoms with E-state index in [0.717, 1.165) is 11.3 Å². The van der Waals surface area contributed by atoms with E-state index < -0.39 is 23.1 Å². The molecule has 1 spiro atoms. The van der Waals surface area contributed by atoms with Gasteiger partial charge in [-0.15, -0.1) is 6.58 Å². The van der Waals surface area contributed by atoms with Gasteiger partial charge >= 0.3 is 0 Å². The third-order valence-electron chi connectivity index (χ3n) is 7.28. The van der Waals surface area contributed by atoms with Crippen molar-refractivity contribution in [2.45, 2.75) is 31.4 Å². The number of amides is 2. The molecule has 0 radical (unpaired) electrons. The minimum atomic E-state index is -1.76. The standard InChI is InChI=1S/C29H31N3O5/c1-5-13-31-22-10-7-6-9-21(22)29(28(31)36)24(26(34)27(35)32(29)15-8-14-30(3)4)25(33)19-11-12-23-20(17-19)16-18(2)37-23/h5-7,9-12,17-18,33H,1,8,13-16H2,2-4H3/t18-,29+/m1/s1. The van der Waals surface area contributed by atoms with Gasteiger partial charge in [-0.1, -0.05) is 24.3 Å². The van der Waals surface area contributed by atoms with E-state index in [1.165, 1.54) is 9.80 Å². The summed E-state index contributed by atoms with van der Waals surface area (Å²) < 4.78 is 5.78. The van der Waals surface area contributed by atoms with E-state index in [4.69, 9.17) is 4.74 Å². The number of carbonyl (C=O) groups excluding carboxylic acids is 3. The van der Waals surface area contributed by atoms with Gasteiger partial charge in [0.1, 0.15) is 17.6 Å². The van der Waals surface area contributed by atoms with Crippen LogP contribution in [0.4, 0.5) is 5.69 Å². The lowest BCUT2D eigenvalue weighted by molar-refractivity contribution is -0.143. The monoisotopic (exact) mass is 501 g/mol. The lowest BCUT2D eigenvalue weighted by Gasteiger charge is -2.34. The Hall–Kier alpha value is -3.91. The van der Waals surface area contributed by atoms with Crippen LogP contribution in [0.25, 0.3) is 5.76 Å². The van der Waals surface area contributed by atoms with Crippen molar-refractivity contribution in [1.82, 2.24) is 9.80 Å². The summed E-state index contributed by atoms with van der Waals surface area (Å²) in [6, 6.07) is 12.3. The molecule has 2 amide bonds. The highest BCUT2D eigenvalue weighted by atomic mass is 16.5. The zero-order valence-corrected chi connectivity index (χ0v) is 21.4. The molecule has 37 heavy (non-hydrogen) atoms. The molecule has 0 unspecified atom stereocenters. The number of aliphatic hydroxyl groups is 1. The quantitative estimate of drug-likeness (QED) is 0.272. The number of anilines is 1. The lowest BCUT2D eigenvalue weighted by Crippen LogP contribution is -2.52. The number of likely N-dealkylation sites (tertiary alicyclic amines) is 1. The number of Topliss-reactive ketones (excluding diaryl/α,β-unsaturated/α-hetero) is 1. The number of para-hydroxylation sites is 1. The third-order valence-corrected chi connectivity index (χ3v) is 7.28. The molecule has 1 N–H and O–H groups in total. The second kappa shape index (κ2) is 9.19. The predicted octanol–water partition coefficient (Wildman–Crippen LogP) is 3.07. The van der Waals surface area contributed by atoms with E-state index in [9.17, 15) is 19.5 Å². The Kier molecular flexibility index (Phi) is 6.15. The fourth-order valence-corrected chi connectivity index (χ4v) is 5.74. The highest BCUT2D eigenvalue weighted by molar-refractivity contribution is 6.50. The average Bonchev–Trinajstić information content (AvgIpc) is 3.44. The van der Waals surface area contributed by atoms with Crippen LogP contribution in [0, 0.1) is 0 Å².